The molecule has 0 spiro atoms. The quantitative estimate of drug-likeness (QED) is 0.720. The van der Waals surface area contributed by atoms with E-state index in [2.05, 4.69) is 14.9 Å². The predicted octanol–water partition coefficient (Wildman–Crippen LogP) is 3.54. The van der Waals surface area contributed by atoms with Crippen molar-refractivity contribution in [3.63, 3.8) is 0 Å². The van der Waals surface area contributed by atoms with Gasteiger partial charge < -0.3 is 10.1 Å². The Morgan fingerprint density at radius 2 is 1.92 bits per heavy atom. The first-order valence-corrected chi connectivity index (χ1v) is 8.41. The summed E-state index contributed by atoms with van der Waals surface area (Å²) in [5.41, 5.74) is 1.69. The molecule has 1 saturated carbocycles. The number of fused-ring (bicyclic) bond motifs is 1. The smallest absolute Gasteiger partial charge is 0.151 e. The zero-order valence-corrected chi connectivity index (χ0v) is 13.6. The van der Waals surface area contributed by atoms with Crippen LogP contribution in [0.3, 0.4) is 0 Å². The number of nitrogens with one attached hydrogen (secondary N) is 1. The van der Waals surface area contributed by atoms with Gasteiger partial charge in [0.15, 0.2) is 5.82 Å². The lowest BCUT2D eigenvalue weighted by molar-refractivity contribution is 0.103. The first kappa shape index (κ1) is 16.2. The number of aromatic nitrogens is 2. The van der Waals surface area contributed by atoms with Crippen LogP contribution in [0.25, 0.3) is 11.0 Å². The molecule has 1 aromatic heterocycles. The van der Waals surface area contributed by atoms with Crippen molar-refractivity contribution in [3.05, 3.63) is 65.5 Å². The number of hydrogen-bond acceptors (Lipinski definition) is 3. The fourth-order valence-corrected chi connectivity index (χ4v) is 3.11. The van der Waals surface area contributed by atoms with Crippen molar-refractivity contribution in [2.24, 2.45) is 0 Å². The molecule has 1 atom stereocenters. The number of benzene rings is 2. The van der Waals surface area contributed by atoms with E-state index in [1.54, 1.807) is 24.3 Å². The van der Waals surface area contributed by atoms with Gasteiger partial charge in [0.2, 0.25) is 0 Å². The highest BCUT2D eigenvalue weighted by Crippen LogP contribution is 2.30. The fraction of sp³-hybridized carbons (Fsp3) is 0.316. The van der Waals surface area contributed by atoms with Gasteiger partial charge in [0, 0.05) is 12.6 Å². The van der Waals surface area contributed by atoms with E-state index in [1.807, 2.05) is 0 Å². The maximum atomic E-state index is 13.8. The second kappa shape index (κ2) is 6.54. The number of para-hydroxylation sites is 1. The number of halogens is 2. The minimum absolute atomic E-state index is 0.320. The van der Waals surface area contributed by atoms with Crippen molar-refractivity contribution >= 4 is 11.0 Å². The van der Waals surface area contributed by atoms with Crippen molar-refractivity contribution in [2.45, 2.75) is 31.5 Å². The summed E-state index contributed by atoms with van der Waals surface area (Å²) < 4.78 is 26.8. The summed E-state index contributed by atoms with van der Waals surface area (Å²) in [6.07, 6.45) is 1.44. The molecule has 1 fully saturated rings. The number of nitrogens with zero attached hydrogens (tertiary/aromatic N) is 2. The van der Waals surface area contributed by atoms with E-state index in [9.17, 15) is 13.9 Å². The van der Waals surface area contributed by atoms with E-state index in [4.69, 9.17) is 0 Å². The van der Waals surface area contributed by atoms with Crippen LogP contribution in [-0.4, -0.2) is 32.6 Å². The monoisotopic (exact) mass is 343 g/mol. The number of H-pyrrole nitrogens is 1. The first-order valence-electron chi connectivity index (χ1n) is 8.41. The largest absolute Gasteiger partial charge is 0.387 e. The van der Waals surface area contributed by atoms with Crippen molar-refractivity contribution in [3.8, 4) is 0 Å². The second-order valence-electron chi connectivity index (χ2n) is 6.55. The molecule has 0 aliphatic heterocycles. The molecule has 1 heterocycles. The molecule has 0 saturated heterocycles. The van der Waals surface area contributed by atoms with E-state index in [0.29, 0.717) is 41.6 Å². The molecule has 0 amide bonds. The number of rotatable bonds is 6. The summed E-state index contributed by atoms with van der Waals surface area (Å²) in [5.74, 6) is 0.0157. The van der Waals surface area contributed by atoms with E-state index < -0.39 is 6.10 Å². The second-order valence-corrected chi connectivity index (χ2v) is 6.55. The zero-order valence-electron chi connectivity index (χ0n) is 13.6. The van der Waals surface area contributed by atoms with Crippen LogP contribution >= 0.6 is 0 Å². The van der Waals surface area contributed by atoms with Crippen LogP contribution in [0.5, 0.6) is 0 Å². The van der Waals surface area contributed by atoms with Crippen molar-refractivity contribution in [1.29, 1.82) is 0 Å². The van der Waals surface area contributed by atoms with Crippen molar-refractivity contribution in [2.75, 3.05) is 6.54 Å². The zero-order chi connectivity index (χ0) is 17.4. The molecule has 4 nitrogen and oxygen atoms in total. The Morgan fingerprint density at radius 1 is 1.16 bits per heavy atom. The lowest BCUT2D eigenvalue weighted by Crippen LogP contribution is -2.30. The molecule has 130 valence electrons. The minimum atomic E-state index is -0.706. The summed E-state index contributed by atoms with van der Waals surface area (Å²) in [6, 6.07) is 11.1. The summed E-state index contributed by atoms with van der Waals surface area (Å²) >= 11 is 0. The molecule has 2 aromatic carbocycles. The Bertz CT molecular complexity index is 874. The third-order valence-electron chi connectivity index (χ3n) is 4.59. The lowest BCUT2D eigenvalue weighted by Gasteiger charge is -2.24. The Kier molecular flexibility index (Phi) is 4.23. The summed E-state index contributed by atoms with van der Waals surface area (Å²) in [6.45, 7) is 0.937. The van der Waals surface area contributed by atoms with Gasteiger partial charge in [-0.1, -0.05) is 18.2 Å². The van der Waals surface area contributed by atoms with Crippen molar-refractivity contribution < 1.29 is 13.9 Å². The average molecular weight is 343 g/mol. The maximum Gasteiger partial charge on any atom is 0.151 e. The van der Waals surface area contributed by atoms with E-state index in [-0.39, 0.29) is 11.6 Å². The Labute approximate surface area is 144 Å². The molecule has 3 aromatic rings. The number of imidazole rings is 1. The van der Waals surface area contributed by atoms with Crippen LogP contribution < -0.4 is 0 Å². The average Bonchev–Trinajstić information content (AvgIpc) is 3.36. The van der Waals surface area contributed by atoms with Gasteiger partial charge in [0.05, 0.1) is 18.2 Å². The van der Waals surface area contributed by atoms with Gasteiger partial charge in [-0.2, -0.15) is 0 Å². The highest BCUT2D eigenvalue weighted by atomic mass is 19.1. The SMILES string of the molecule is OC(CN(Cc1nc2c(F)cccc2[nH]1)C1CC1)c1ccc(F)cc1. The van der Waals surface area contributed by atoms with Crippen LogP contribution in [0.2, 0.25) is 0 Å². The van der Waals surface area contributed by atoms with Crippen LogP contribution in [0.1, 0.15) is 30.3 Å². The topological polar surface area (TPSA) is 52.1 Å². The molecular weight excluding hydrogens is 324 g/mol. The molecule has 0 bridgehead atoms. The van der Waals surface area contributed by atoms with Crippen LogP contribution in [0.4, 0.5) is 8.78 Å². The van der Waals surface area contributed by atoms with Gasteiger partial charge in [0.1, 0.15) is 17.2 Å². The first-order chi connectivity index (χ1) is 12.1. The highest BCUT2D eigenvalue weighted by Gasteiger charge is 2.31. The van der Waals surface area contributed by atoms with E-state index >= 15 is 0 Å². The molecule has 25 heavy (non-hydrogen) atoms. The predicted molar refractivity (Wildman–Crippen MR) is 90.8 cm³/mol. The Balaban J connectivity index is 1.51. The molecule has 0 radical (unpaired) electrons. The van der Waals surface area contributed by atoms with Crippen LogP contribution in [0.15, 0.2) is 42.5 Å². The fourth-order valence-electron chi connectivity index (χ4n) is 3.11. The number of hydrogen-bond donors (Lipinski definition) is 2. The van der Waals surface area contributed by atoms with Gasteiger partial charge in [-0.25, -0.2) is 13.8 Å². The molecular formula is C19H19F2N3O. The van der Waals surface area contributed by atoms with Gasteiger partial charge in [-0.3, -0.25) is 4.90 Å². The van der Waals surface area contributed by atoms with Gasteiger partial charge >= 0.3 is 0 Å². The Morgan fingerprint density at radius 3 is 2.60 bits per heavy atom. The van der Waals surface area contributed by atoms with E-state index in [0.717, 1.165) is 12.8 Å². The van der Waals surface area contributed by atoms with Gasteiger partial charge in [0.25, 0.3) is 0 Å². The maximum absolute atomic E-state index is 13.8. The van der Waals surface area contributed by atoms with E-state index in [1.165, 1.54) is 18.2 Å². The molecule has 6 heteroatoms. The van der Waals surface area contributed by atoms with Crippen LogP contribution in [-0.2, 0) is 6.54 Å². The van der Waals surface area contributed by atoms with Gasteiger partial charge in [-0.15, -0.1) is 0 Å². The highest BCUT2D eigenvalue weighted by molar-refractivity contribution is 5.75. The third-order valence-corrected chi connectivity index (χ3v) is 4.59. The summed E-state index contributed by atoms with van der Waals surface area (Å²) in [7, 11) is 0. The molecule has 1 aliphatic rings. The van der Waals surface area contributed by atoms with Gasteiger partial charge in [-0.05, 0) is 42.7 Å². The summed E-state index contributed by atoms with van der Waals surface area (Å²) in [4.78, 5) is 9.64. The number of aromatic amines is 1. The van der Waals surface area contributed by atoms with Crippen molar-refractivity contribution in [1.82, 2.24) is 14.9 Å². The Hall–Kier alpha value is -2.31. The summed E-state index contributed by atoms with van der Waals surface area (Å²) in [5, 5.41) is 10.5. The molecule has 2 N–H and O–H groups in total. The normalized spacial score (nSPS) is 15.8. The number of aliphatic hydroxyl groups excluding tert-OH is 1. The molecule has 1 unspecified atom stereocenters. The minimum Gasteiger partial charge on any atom is -0.387 e. The molecule has 4 rings (SSSR count). The van der Waals surface area contributed by atoms with Crippen LogP contribution in [0, 0.1) is 11.6 Å². The molecule has 1 aliphatic carbocycles. The third kappa shape index (κ3) is 3.55. The standard InChI is InChI=1S/C19H19F2N3O/c20-13-6-4-12(5-7-13)17(25)10-24(14-8-9-14)11-18-22-16-3-1-2-15(21)19(16)23-18/h1-7,14,17,25H,8-11H2,(H,22,23). The number of aliphatic hydroxyl groups is 1. The lowest BCUT2D eigenvalue weighted by atomic mass is 10.1.